The average Bonchev–Trinajstić information content (AvgIpc) is 2.47. The molecule has 1 aromatic rings. The zero-order valence-corrected chi connectivity index (χ0v) is 10.5. The van der Waals surface area contributed by atoms with E-state index >= 15 is 0 Å². The Labute approximate surface area is 103 Å². The van der Waals surface area contributed by atoms with Crippen molar-refractivity contribution in [2.75, 3.05) is 0 Å². The van der Waals surface area contributed by atoms with Crippen molar-refractivity contribution >= 4 is 11.9 Å². The Bertz CT molecular complexity index is 341. The summed E-state index contributed by atoms with van der Waals surface area (Å²) in [6.07, 6.45) is 7.12. The minimum atomic E-state index is -1.26. The van der Waals surface area contributed by atoms with Gasteiger partial charge in [0.1, 0.15) is 12.4 Å². The first-order chi connectivity index (χ1) is 6.91. The van der Waals surface area contributed by atoms with Crippen molar-refractivity contribution in [2.24, 2.45) is 14.1 Å². The molecular weight excluding hydrogens is 280 g/mol. The van der Waals surface area contributed by atoms with Crippen LogP contribution >= 0.6 is 0 Å². The number of aryl methyl sites for hydroxylation is 2. The average molecular weight is 293 g/mol. The maximum absolute atomic E-state index is 9.55. The minimum Gasteiger partial charge on any atom is -1.00 e. The molecule has 1 rings (SSSR count). The molecule has 2 N–H and O–H groups in total. The summed E-state index contributed by atoms with van der Waals surface area (Å²) in [4.78, 5) is 19.1. The molecule has 7 heteroatoms. The number of imidazole rings is 1. The van der Waals surface area contributed by atoms with Crippen LogP contribution in [0.4, 0.5) is 0 Å². The van der Waals surface area contributed by atoms with Crippen molar-refractivity contribution in [2.45, 2.75) is 0 Å². The number of carboxylic acid groups (broad SMARTS) is 2. The highest BCUT2D eigenvalue weighted by molar-refractivity contribution is 5.89. The van der Waals surface area contributed by atoms with Crippen LogP contribution in [-0.2, 0) is 23.7 Å². The highest BCUT2D eigenvalue weighted by Crippen LogP contribution is 1.71. The lowest BCUT2D eigenvalue weighted by atomic mass is 10.5. The predicted molar refractivity (Wildman–Crippen MR) is 51.0 cm³/mol. The molecule has 1 heterocycles. The normalized spacial score (nSPS) is 8.88. The number of nitrogens with zero attached hydrogens (tertiary/aromatic N) is 2. The van der Waals surface area contributed by atoms with Crippen LogP contribution in [0, 0.1) is 0 Å². The first-order valence-electron chi connectivity index (χ1n) is 4.03. The second-order valence-electron chi connectivity index (χ2n) is 2.75. The fourth-order valence-corrected chi connectivity index (χ4v) is 0.717. The molecule has 1 aromatic heterocycles. The fraction of sp³-hybridized carbons (Fsp3) is 0.222. The Hall–Kier alpha value is -1.63. The molecule has 0 saturated carbocycles. The van der Waals surface area contributed by atoms with Gasteiger partial charge in [-0.3, -0.25) is 0 Å². The van der Waals surface area contributed by atoms with Gasteiger partial charge in [-0.2, -0.15) is 0 Å². The zero-order valence-electron chi connectivity index (χ0n) is 8.87. The van der Waals surface area contributed by atoms with Gasteiger partial charge in [0.25, 0.3) is 0 Å². The first-order valence-corrected chi connectivity index (χ1v) is 4.03. The number of hydrogen-bond donors (Lipinski definition) is 2. The van der Waals surface area contributed by atoms with E-state index in [0.717, 1.165) is 0 Å². The van der Waals surface area contributed by atoms with E-state index < -0.39 is 11.9 Å². The van der Waals surface area contributed by atoms with Crippen LogP contribution in [0.15, 0.2) is 30.9 Å². The SMILES string of the molecule is Cn1cc[n+](C)c1.O=C(O)/C=C\C(=O)O.[Br-]. The molecule has 0 saturated heterocycles. The topological polar surface area (TPSA) is 83.4 Å². The standard InChI is InChI=1S/C5H9N2.C4H4O4.BrH/c1-6-3-4-7(2)5-6;5-3(6)1-2-4(7)8;/h3-5H,1-2H3;1-2H,(H,5,6)(H,7,8);1H/q+1;;/p-1/b;2-1-;. The molecule has 90 valence electrons. The van der Waals surface area contributed by atoms with Crippen LogP contribution in [0.3, 0.4) is 0 Å². The van der Waals surface area contributed by atoms with Gasteiger partial charge >= 0.3 is 11.9 Å². The first kappa shape index (κ1) is 16.8. The quantitative estimate of drug-likeness (QED) is 0.439. The van der Waals surface area contributed by atoms with E-state index in [9.17, 15) is 9.59 Å². The van der Waals surface area contributed by atoms with E-state index in [0.29, 0.717) is 12.2 Å². The summed E-state index contributed by atoms with van der Waals surface area (Å²) in [6, 6.07) is 0. The van der Waals surface area contributed by atoms with Crippen molar-refractivity contribution in [3.05, 3.63) is 30.9 Å². The second kappa shape index (κ2) is 8.66. The van der Waals surface area contributed by atoms with Gasteiger partial charge in [0.15, 0.2) is 0 Å². The number of aromatic nitrogens is 2. The number of carboxylic acids is 2. The molecular formula is C9H13BrN2O4. The van der Waals surface area contributed by atoms with E-state index in [4.69, 9.17) is 10.2 Å². The number of rotatable bonds is 2. The molecule has 0 aliphatic carbocycles. The second-order valence-corrected chi connectivity index (χ2v) is 2.75. The summed E-state index contributed by atoms with van der Waals surface area (Å²) in [5.41, 5.74) is 0. The van der Waals surface area contributed by atoms with Crippen LogP contribution in [-0.4, -0.2) is 26.7 Å². The maximum atomic E-state index is 9.55. The van der Waals surface area contributed by atoms with Crippen molar-refractivity contribution < 1.29 is 41.4 Å². The van der Waals surface area contributed by atoms with Crippen molar-refractivity contribution in [3.8, 4) is 0 Å². The minimum absolute atomic E-state index is 0. The Morgan fingerprint density at radius 2 is 1.69 bits per heavy atom. The van der Waals surface area contributed by atoms with E-state index in [1.54, 1.807) is 0 Å². The molecule has 6 nitrogen and oxygen atoms in total. The van der Waals surface area contributed by atoms with Crippen molar-refractivity contribution in [1.82, 2.24) is 4.57 Å². The van der Waals surface area contributed by atoms with Gasteiger partial charge in [0.05, 0.1) is 14.1 Å². The lowest BCUT2D eigenvalue weighted by Gasteiger charge is -1.74. The van der Waals surface area contributed by atoms with Gasteiger partial charge in [-0.15, -0.1) is 0 Å². The largest absolute Gasteiger partial charge is 1.00 e. The number of halogens is 1. The maximum Gasteiger partial charge on any atom is 0.328 e. The summed E-state index contributed by atoms with van der Waals surface area (Å²) >= 11 is 0. The Kier molecular flexibility index (Phi) is 9.09. The van der Waals surface area contributed by atoms with Crippen LogP contribution < -0.4 is 21.5 Å². The molecule has 0 unspecified atom stereocenters. The van der Waals surface area contributed by atoms with Gasteiger partial charge < -0.3 is 27.2 Å². The molecule has 16 heavy (non-hydrogen) atoms. The van der Waals surface area contributed by atoms with E-state index in [2.05, 4.69) is 0 Å². The molecule has 0 radical (unpaired) electrons. The van der Waals surface area contributed by atoms with E-state index in [1.807, 2.05) is 42.0 Å². The van der Waals surface area contributed by atoms with Gasteiger partial charge in [-0.25, -0.2) is 18.7 Å². The molecule has 0 fully saturated rings. The third kappa shape index (κ3) is 10.5. The number of carbonyl (C=O) groups is 2. The smallest absolute Gasteiger partial charge is 0.328 e. The summed E-state index contributed by atoms with van der Waals surface area (Å²) < 4.78 is 4.00. The molecule has 0 aliphatic heterocycles. The predicted octanol–water partition coefficient (Wildman–Crippen LogP) is -3.43. The van der Waals surface area contributed by atoms with Gasteiger partial charge in [0, 0.05) is 12.2 Å². The molecule has 0 spiro atoms. The van der Waals surface area contributed by atoms with E-state index in [-0.39, 0.29) is 17.0 Å². The Morgan fingerprint density at radius 3 is 1.81 bits per heavy atom. The highest BCUT2D eigenvalue weighted by atomic mass is 79.9. The summed E-state index contributed by atoms with van der Waals surface area (Å²) in [7, 11) is 4.00. The van der Waals surface area contributed by atoms with Gasteiger partial charge in [0.2, 0.25) is 6.33 Å². The molecule has 0 amide bonds. The van der Waals surface area contributed by atoms with Crippen molar-refractivity contribution in [3.63, 3.8) is 0 Å². The number of aliphatic carboxylic acids is 2. The summed E-state index contributed by atoms with van der Waals surface area (Å²) in [5.74, 6) is -2.51. The third-order valence-corrected chi connectivity index (χ3v) is 1.27. The summed E-state index contributed by atoms with van der Waals surface area (Å²) in [6.45, 7) is 0. The molecule has 0 bridgehead atoms. The van der Waals surface area contributed by atoms with Crippen LogP contribution in [0.1, 0.15) is 0 Å². The lowest BCUT2D eigenvalue weighted by Crippen LogP contribution is -3.00. The van der Waals surface area contributed by atoms with Crippen LogP contribution in [0.25, 0.3) is 0 Å². The molecule has 0 aromatic carbocycles. The molecule has 0 atom stereocenters. The van der Waals surface area contributed by atoms with Gasteiger partial charge in [-0.05, 0) is 0 Å². The monoisotopic (exact) mass is 292 g/mol. The van der Waals surface area contributed by atoms with E-state index in [1.165, 1.54) is 0 Å². The lowest BCUT2D eigenvalue weighted by molar-refractivity contribution is -0.670. The van der Waals surface area contributed by atoms with Crippen LogP contribution in [0.2, 0.25) is 0 Å². The zero-order chi connectivity index (χ0) is 11.8. The third-order valence-electron chi connectivity index (χ3n) is 1.27. The molecule has 0 aliphatic rings. The van der Waals surface area contributed by atoms with Gasteiger partial charge in [-0.1, -0.05) is 0 Å². The number of hydrogen-bond acceptors (Lipinski definition) is 2. The van der Waals surface area contributed by atoms with Crippen LogP contribution in [0.5, 0.6) is 0 Å². The summed E-state index contributed by atoms with van der Waals surface area (Å²) in [5, 5.41) is 15.6. The Morgan fingerprint density at radius 1 is 1.25 bits per heavy atom. The van der Waals surface area contributed by atoms with Crippen molar-refractivity contribution in [1.29, 1.82) is 0 Å². The Balaban J connectivity index is 0. The highest BCUT2D eigenvalue weighted by Gasteiger charge is 1.88. The fourth-order valence-electron chi connectivity index (χ4n) is 0.717.